The summed E-state index contributed by atoms with van der Waals surface area (Å²) in [6, 6.07) is 0. The molecule has 0 aromatic heterocycles. The van der Waals surface area contributed by atoms with Crippen molar-refractivity contribution in [1.82, 2.24) is 0 Å². The van der Waals surface area contributed by atoms with Gasteiger partial charge >= 0.3 is 5.97 Å². The van der Waals surface area contributed by atoms with Crippen LogP contribution < -0.4 is 0 Å². The number of rotatable bonds is 10. The zero-order valence-corrected chi connectivity index (χ0v) is 11.4. The summed E-state index contributed by atoms with van der Waals surface area (Å²) < 4.78 is 4.99. The first-order valence-electron chi connectivity index (χ1n) is 6.53. The minimum atomic E-state index is -0.780. The van der Waals surface area contributed by atoms with Gasteiger partial charge in [0.1, 0.15) is 6.61 Å². The van der Waals surface area contributed by atoms with Crippen LogP contribution in [0.15, 0.2) is 0 Å². The third-order valence-electron chi connectivity index (χ3n) is 2.89. The molecule has 0 aromatic rings. The van der Waals surface area contributed by atoms with E-state index in [-0.39, 0.29) is 38.3 Å². The van der Waals surface area contributed by atoms with Gasteiger partial charge in [-0.05, 0) is 19.3 Å². The molecule has 0 radical (unpaired) electrons. The lowest BCUT2D eigenvalue weighted by atomic mass is 9.94. The van der Waals surface area contributed by atoms with Crippen molar-refractivity contribution < 1.29 is 24.9 Å². The molecule has 0 heterocycles. The Kier molecular flexibility index (Phi) is 8.97. The second kappa shape index (κ2) is 9.30. The van der Waals surface area contributed by atoms with E-state index in [0.29, 0.717) is 12.8 Å². The van der Waals surface area contributed by atoms with E-state index in [9.17, 15) is 9.90 Å². The lowest BCUT2D eigenvalue weighted by Gasteiger charge is -2.23. The Morgan fingerprint density at radius 3 is 2.39 bits per heavy atom. The maximum absolute atomic E-state index is 11.4. The van der Waals surface area contributed by atoms with Gasteiger partial charge in [-0.2, -0.15) is 0 Å². The second-order valence-electron chi connectivity index (χ2n) is 5.12. The minimum Gasteiger partial charge on any atom is -0.465 e. The third-order valence-corrected chi connectivity index (χ3v) is 2.89. The van der Waals surface area contributed by atoms with Gasteiger partial charge in [-0.1, -0.05) is 20.3 Å². The van der Waals surface area contributed by atoms with E-state index in [1.54, 1.807) is 6.92 Å². The van der Waals surface area contributed by atoms with Gasteiger partial charge in [0, 0.05) is 11.8 Å². The summed E-state index contributed by atoms with van der Waals surface area (Å²) in [6.07, 6.45) is 2.78. The molecular weight excluding hydrogens is 236 g/mol. The molecule has 0 aliphatic carbocycles. The molecule has 1 unspecified atom stereocenters. The fourth-order valence-electron chi connectivity index (χ4n) is 1.43. The van der Waals surface area contributed by atoms with Crippen LogP contribution in [0.5, 0.6) is 0 Å². The van der Waals surface area contributed by atoms with E-state index >= 15 is 0 Å². The van der Waals surface area contributed by atoms with Crippen LogP contribution in [0.2, 0.25) is 0 Å². The van der Waals surface area contributed by atoms with E-state index in [4.69, 9.17) is 14.9 Å². The number of carbonyl (C=O) groups excluding carboxylic acids is 1. The first kappa shape index (κ1) is 17.4. The SMILES string of the molecule is CCCC(O)CCCC(=O)OCC(C)(CO)CO. The standard InChI is InChI=1S/C13H26O5/c1-3-5-11(16)6-4-7-12(17)18-10-13(2,8-14)9-15/h11,14-16H,3-10H2,1-2H3. The summed E-state index contributed by atoms with van der Waals surface area (Å²) in [5.41, 5.74) is -0.780. The molecule has 18 heavy (non-hydrogen) atoms. The van der Waals surface area contributed by atoms with Crippen molar-refractivity contribution in [3.8, 4) is 0 Å². The van der Waals surface area contributed by atoms with Gasteiger partial charge in [-0.25, -0.2) is 0 Å². The Balaban J connectivity index is 3.72. The van der Waals surface area contributed by atoms with Crippen LogP contribution >= 0.6 is 0 Å². The zero-order valence-electron chi connectivity index (χ0n) is 11.4. The average Bonchev–Trinajstić information content (AvgIpc) is 2.36. The molecule has 1 atom stereocenters. The molecule has 0 spiro atoms. The van der Waals surface area contributed by atoms with E-state index in [1.807, 2.05) is 6.92 Å². The highest BCUT2D eigenvalue weighted by atomic mass is 16.5. The summed E-state index contributed by atoms with van der Waals surface area (Å²) in [7, 11) is 0. The molecule has 0 saturated carbocycles. The minimum absolute atomic E-state index is 0.0103. The molecule has 108 valence electrons. The van der Waals surface area contributed by atoms with E-state index < -0.39 is 5.41 Å². The highest BCUT2D eigenvalue weighted by molar-refractivity contribution is 5.69. The lowest BCUT2D eigenvalue weighted by molar-refractivity contribution is -0.149. The Hall–Kier alpha value is -0.650. The summed E-state index contributed by atoms with van der Waals surface area (Å²) in [5.74, 6) is -0.355. The smallest absolute Gasteiger partial charge is 0.305 e. The van der Waals surface area contributed by atoms with E-state index in [1.165, 1.54) is 0 Å². The first-order valence-corrected chi connectivity index (χ1v) is 6.53. The molecule has 0 aromatic carbocycles. The Morgan fingerprint density at radius 1 is 1.28 bits per heavy atom. The highest BCUT2D eigenvalue weighted by Crippen LogP contribution is 2.15. The topological polar surface area (TPSA) is 87.0 Å². The molecule has 0 aliphatic rings. The Morgan fingerprint density at radius 2 is 1.89 bits per heavy atom. The maximum atomic E-state index is 11.4. The number of hydrogen-bond acceptors (Lipinski definition) is 5. The van der Waals surface area contributed by atoms with Gasteiger partial charge in [-0.15, -0.1) is 0 Å². The van der Waals surface area contributed by atoms with Crippen molar-refractivity contribution in [3.05, 3.63) is 0 Å². The van der Waals surface area contributed by atoms with Crippen LogP contribution in [0.1, 0.15) is 46.0 Å². The molecule has 3 N–H and O–H groups in total. The van der Waals surface area contributed by atoms with E-state index in [0.717, 1.165) is 12.8 Å². The van der Waals surface area contributed by atoms with Crippen LogP contribution in [0.4, 0.5) is 0 Å². The van der Waals surface area contributed by atoms with Crippen LogP contribution in [0, 0.1) is 5.41 Å². The van der Waals surface area contributed by atoms with Crippen molar-refractivity contribution in [2.75, 3.05) is 19.8 Å². The van der Waals surface area contributed by atoms with Crippen LogP contribution in [-0.4, -0.2) is 47.2 Å². The largest absolute Gasteiger partial charge is 0.465 e. The quantitative estimate of drug-likeness (QED) is 0.508. The normalized spacial score (nSPS) is 13.4. The Bertz CT molecular complexity index is 225. The summed E-state index contributed by atoms with van der Waals surface area (Å²) in [4.78, 5) is 11.4. The second-order valence-corrected chi connectivity index (χ2v) is 5.12. The zero-order chi connectivity index (χ0) is 14.0. The fourth-order valence-corrected chi connectivity index (χ4v) is 1.43. The van der Waals surface area contributed by atoms with Crippen molar-refractivity contribution in [1.29, 1.82) is 0 Å². The number of aliphatic hydroxyl groups excluding tert-OH is 3. The number of carbonyl (C=O) groups is 1. The molecule has 0 bridgehead atoms. The number of hydrogen-bond donors (Lipinski definition) is 3. The number of esters is 1. The molecule has 0 saturated heterocycles. The van der Waals surface area contributed by atoms with Crippen molar-refractivity contribution in [2.24, 2.45) is 5.41 Å². The predicted molar refractivity (Wildman–Crippen MR) is 68.0 cm³/mol. The third kappa shape index (κ3) is 7.63. The van der Waals surface area contributed by atoms with Crippen LogP contribution in [-0.2, 0) is 9.53 Å². The monoisotopic (exact) mass is 262 g/mol. The van der Waals surface area contributed by atoms with Gasteiger partial charge in [0.05, 0.1) is 19.3 Å². The molecule has 0 aliphatic heterocycles. The molecule has 0 fully saturated rings. The summed E-state index contributed by atoms with van der Waals surface area (Å²) in [5, 5.41) is 27.5. The van der Waals surface area contributed by atoms with Crippen molar-refractivity contribution in [3.63, 3.8) is 0 Å². The predicted octanol–water partition coefficient (Wildman–Crippen LogP) is 0.852. The van der Waals surface area contributed by atoms with E-state index in [2.05, 4.69) is 0 Å². The van der Waals surface area contributed by atoms with Crippen molar-refractivity contribution >= 4 is 5.97 Å². The molecule has 5 nitrogen and oxygen atoms in total. The Labute approximate surface area is 109 Å². The molecule has 0 amide bonds. The summed E-state index contributed by atoms with van der Waals surface area (Å²) in [6.45, 7) is 3.20. The molecule has 5 heteroatoms. The fraction of sp³-hybridized carbons (Fsp3) is 0.923. The molecular formula is C13H26O5. The number of aliphatic hydroxyl groups is 3. The van der Waals surface area contributed by atoms with Gasteiger partial charge in [-0.3, -0.25) is 4.79 Å². The molecule has 0 rings (SSSR count). The van der Waals surface area contributed by atoms with Gasteiger partial charge in [0.15, 0.2) is 0 Å². The van der Waals surface area contributed by atoms with Gasteiger partial charge in [0.25, 0.3) is 0 Å². The van der Waals surface area contributed by atoms with Gasteiger partial charge < -0.3 is 20.1 Å². The van der Waals surface area contributed by atoms with Gasteiger partial charge in [0.2, 0.25) is 0 Å². The first-order chi connectivity index (χ1) is 8.47. The maximum Gasteiger partial charge on any atom is 0.305 e. The van der Waals surface area contributed by atoms with Crippen molar-refractivity contribution in [2.45, 2.75) is 52.1 Å². The van der Waals surface area contributed by atoms with Crippen LogP contribution in [0.3, 0.4) is 0 Å². The number of ether oxygens (including phenoxy) is 1. The lowest BCUT2D eigenvalue weighted by Crippen LogP contribution is -2.32. The highest BCUT2D eigenvalue weighted by Gasteiger charge is 2.24. The average molecular weight is 262 g/mol. The summed E-state index contributed by atoms with van der Waals surface area (Å²) >= 11 is 0. The van der Waals surface area contributed by atoms with Crippen LogP contribution in [0.25, 0.3) is 0 Å².